The Bertz CT molecular complexity index is 3080. The van der Waals surface area contributed by atoms with Gasteiger partial charge in [-0.05, 0) is 170 Å². The minimum Gasteiger partial charge on any atom is -0.423 e. The van der Waals surface area contributed by atoms with Gasteiger partial charge < -0.3 is 19.3 Å². The van der Waals surface area contributed by atoms with Gasteiger partial charge in [0.05, 0.1) is 0 Å². The van der Waals surface area contributed by atoms with Gasteiger partial charge in [-0.1, -0.05) is 109 Å². The molecule has 0 unspecified atom stereocenters. The van der Waals surface area contributed by atoms with Crippen LogP contribution in [0.3, 0.4) is 0 Å². The third-order valence-electron chi connectivity index (χ3n) is 11.4. The lowest BCUT2D eigenvalue weighted by atomic mass is 10.1. The van der Waals surface area contributed by atoms with Crippen LogP contribution in [0.4, 0.5) is 34.1 Å². The van der Waals surface area contributed by atoms with E-state index in [2.05, 4.69) is 207 Å². The van der Waals surface area contributed by atoms with Crippen molar-refractivity contribution in [2.45, 2.75) is 13.8 Å². The van der Waals surface area contributed by atoms with Crippen LogP contribution in [0.5, 0.6) is 11.5 Å². The van der Waals surface area contributed by atoms with E-state index in [4.69, 9.17) is 9.47 Å². The SMILES string of the molecule is C=CC(=O)Oc1ccc(N(c2ccc(C)cc2)c2ccc(-c3ccc(/C=C\c4ccc(/C=C\c5ccc(-c6ccc(N(c7ccc(C)cc7)c7ccc(OC(=O)C=C)cc7)cc6)s5)cc4)s3)cc2)cc1. The van der Waals surface area contributed by atoms with Crippen molar-refractivity contribution < 1.29 is 19.1 Å². The molecule has 342 valence electrons. The molecular weight excluding hydrogens is 901 g/mol. The van der Waals surface area contributed by atoms with Gasteiger partial charge >= 0.3 is 11.9 Å². The van der Waals surface area contributed by atoms with Crippen molar-refractivity contribution in [3.63, 3.8) is 0 Å². The van der Waals surface area contributed by atoms with Crippen LogP contribution in [0.2, 0.25) is 0 Å². The normalized spacial score (nSPS) is 11.1. The number of hydrogen-bond donors (Lipinski definition) is 0. The highest BCUT2D eigenvalue weighted by atomic mass is 32.1. The molecule has 0 fully saturated rings. The zero-order valence-electron chi connectivity index (χ0n) is 38.7. The van der Waals surface area contributed by atoms with E-state index in [-0.39, 0.29) is 0 Å². The fourth-order valence-electron chi connectivity index (χ4n) is 7.74. The first-order valence-corrected chi connectivity index (χ1v) is 24.3. The molecule has 70 heavy (non-hydrogen) atoms. The summed E-state index contributed by atoms with van der Waals surface area (Å²) in [6.07, 6.45) is 11.0. The maximum Gasteiger partial charge on any atom is 0.335 e. The minimum absolute atomic E-state index is 0.464. The van der Waals surface area contributed by atoms with Gasteiger partial charge in [-0.15, -0.1) is 22.7 Å². The Morgan fingerprint density at radius 1 is 0.386 bits per heavy atom. The summed E-state index contributed by atoms with van der Waals surface area (Å²) in [5.41, 5.74) is 12.9. The second-order valence-electron chi connectivity index (χ2n) is 16.4. The van der Waals surface area contributed by atoms with E-state index < -0.39 is 11.9 Å². The number of rotatable bonds is 16. The highest BCUT2D eigenvalue weighted by Crippen LogP contribution is 2.40. The lowest BCUT2D eigenvalue weighted by Gasteiger charge is -2.26. The Hall–Kier alpha value is -8.56. The molecule has 0 spiro atoms. The smallest absolute Gasteiger partial charge is 0.335 e. The standard InChI is InChI=1S/C62H48N2O4S2/c1-5-61(65)67-55-33-29-53(30-34-55)63(49-21-7-43(3)8-22-49)51-25-17-47(18-26-51)59-41-39-57(69-59)37-15-45-11-13-46(14-12-45)16-38-58-40-42-60(70-58)48-19-27-52(28-20-48)64(50-23-9-44(4)10-24-50)54-31-35-56(36-32-54)68-62(66)6-2/h5-42H,1-2H2,3-4H3/b37-15-,38-16-. The van der Waals surface area contributed by atoms with Crippen LogP contribution in [0.1, 0.15) is 32.0 Å². The second-order valence-corrected chi connectivity index (χ2v) is 18.6. The van der Waals surface area contributed by atoms with Gasteiger partial charge in [0.25, 0.3) is 0 Å². The fourth-order valence-corrected chi connectivity index (χ4v) is 9.58. The molecule has 0 amide bonds. The maximum absolute atomic E-state index is 11.7. The fraction of sp³-hybridized carbons (Fsp3) is 0.0323. The number of nitrogens with zero attached hydrogens (tertiary/aromatic N) is 2. The molecule has 0 aliphatic rings. The summed E-state index contributed by atoms with van der Waals surface area (Å²) in [6, 6.07) is 66.3. The van der Waals surface area contributed by atoms with Gasteiger partial charge in [-0.25, -0.2) is 9.59 Å². The maximum atomic E-state index is 11.7. The molecule has 0 bridgehead atoms. The molecule has 0 aliphatic heterocycles. The van der Waals surface area contributed by atoms with Crippen LogP contribution in [0.25, 0.3) is 45.2 Å². The topological polar surface area (TPSA) is 59.1 Å². The minimum atomic E-state index is -0.489. The third kappa shape index (κ3) is 11.4. The number of anilines is 6. The molecule has 9 rings (SSSR count). The zero-order valence-corrected chi connectivity index (χ0v) is 40.3. The van der Waals surface area contributed by atoms with E-state index in [1.165, 1.54) is 30.6 Å². The predicted molar refractivity (Wildman–Crippen MR) is 294 cm³/mol. The van der Waals surface area contributed by atoms with Gasteiger partial charge in [-0.3, -0.25) is 0 Å². The summed E-state index contributed by atoms with van der Waals surface area (Å²) in [6.45, 7) is 11.1. The van der Waals surface area contributed by atoms with E-state index in [1.807, 2.05) is 24.3 Å². The van der Waals surface area contributed by atoms with Crippen LogP contribution < -0.4 is 19.3 Å². The van der Waals surface area contributed by atoms with Gasteiger partial charge in [0, 0.05) is 65.8 Å². The molecule has 0 saturated carbocycles. The molecule has 0 saturated heterocycles. The van der Waals surface area contributed by atoms with Gasteiger partial charge in [0.15, 0.2) is 0 Å². The largest absolute Gasteiger partial charge is 0.423 e. The van der Waals surface area contributed by atoms with Crippen LogP contribution in [-0.2, 0) is 9.59 Å². The van der Waals surface area contributed by atoms with Crippen LogP contribution in [-0.4, -0.2) is 11.9 Å². The van der Waals surface area contributed by atoms with Gasteiger partial charge in [-0.2, -0.15) is 0 Å². The average Bonchev–Trinajstić information content (AvgIpc) is 4.09. The molecular formula is C62H48N2O4S2. The summed E-state index contributed by atoms with van der Waals surface area (Å²) in [5, 5.41) is 0. The van der Waals surface area contributed by atoms with Gasteiger partial charge in [0.2, 0.25) is 0 Å². The quantitative estimate of drug-likeness (QED) is 0.0546. The van der Waals surface area contributed by atoms with Crippen molar-refractivity contribution in [1.82, 2.24) is 0 Å². The van der Waals surface area contributed by atoms with E-state index in [0.29, 0.717) is 11.5 Å². The van der Waals surface area contributed by atoms with Crippen molar-refractivity contribution in [2.75, 3.05) is 9.80 Å². The highest BCUT2D eigenvalue weighted by molar-refractivity contribution is 7.16. The molecule has 6 nitrogen and oxygen atoms in total. The Morgan fingerprint density at radius 2 is 0.686 bits per heavy atom. The summed E-state index contributed by atoms with van der Waals surface area (Å²) in [7, 11) is 0. The molecule has 0 radical (unpaired) electrons. The first kappa shape index (κ1) is 46.5. The Balaban J connectivity index is 0.828. The second kappa shape index (κ2) is 21.6. The van der Waals surface area contributed by atoms with Crippen molar-refractivity contribution in [2.24, 2.45) is 0 Å². The molecule has 0 atom stereocenters. The first-order valence-electron chi connectivity index (χ1n) is 22.7. The molecule has 9 aromatic rings. The number of ether oxygens (including phenoxy) is 2. The summed E-state index contributed by atoms with van der Waals surface area (Å²) in [5.74, 6) is -0.0509. The third-order valence-corrected chi connectivity index (χ3v) is 13.6. The lowest BCUT2D eigenvalue weighted by molar-refractivity contribution is -0.129. The molecule has 7 aromatic carbocycles. The summed E-state index contributed by atoms with van der Waals surface area (Å²) in [4.78, 5) is 32.6. The van der Waals surface area contributed by atoms with E-state index in [1.54, 1.807) is 46.9 Å². The number of benzene rings is 7. The van der Waals surface area contributed by atoms with E-state index >= 15 is 0 Å². The Morgan fingerprint density at radius 3 is 1.00 bits per heavy atom. The molecule has 2 heterocycles. The van der Waals surface area contributed by atoms with Crippen molar-refractivity contribution in [3.8, 4) is 32.4 Å². The van der Waals surface area contributed by atoms with Crippen molar-refractivity contribution in [3.05, 3.63) is 251 Å². The Kier molecular flexibility index (Phi) is 14.4. The predicted octanol–water partition coefficient (Wildman–Crippen LogP) is 17.2. The van der Waals surface area contributed by atoms with Crippen molar-refractivity contribution in [1.29, 1.82) is 0 Å². The Labute approximate surface area is 417 Å². The number of aryl methyl sites for hydroxylation is 2. The van der Waals surface area contributed by atoms with Gasteiger partial charge in [0.1, 0.15) is 11.5 Å². The van der Waals surface area contributed by atoms with Crippen LogP contribution in [0, 0.1) is 13.8 Å². The highest BCUT2D eigenvalue weighted by Gasteiger charge is 2.16. The first-order chi connectivity index (χ1) is 34.2. The molecule has 8 heteroatoms. The monoisotopic (exact) mass is 948 g/mol. The van der Waals surface area contributed by atoms with E-state index in [9.17, 15) is 9.59 Å². The number of carbonyl (C=O) groups is 2. The van der Waals surface area contributed by atoms with Crippen LogP contribution in [0.15, 0.2) is 219 Å². The number of thiophene rings is 2. The summed E-state index contributed by atoms with van der Waals surface area (Å²) < 4.78 is 10.6. The van der Waals surface area contributed by atoms with Crippen molar-refractivity contribution >= 4 is 93.0 Å². The number of hydrogen-bond acceptors (Lipinski definition) is 8. The summed E-state index contributed by atoms with van der Waals surface area (Å²) >= 11 is 3.52. The van der Waals surface area contributed by atoms with Crippen LogP contribution >= 0.6 is 22.7 Å². The molecule has 0 aliphatic carbocycles. The average molecular weight is 949 g/mol. The lowest BCUT2D eigenvalue weighted by Crippen LogP contribution is -2.10. The number of esters is 2. The molecule has 0 N–H and O–H groups in total. The number of carbonyl (C=O) groups excluding carboxylic acids is 2. The van der Waals surface area contributed by atoms with E-state index in [0.717, 1.165) is 68.5 Å². The molecule has 2 aromatic heterocycles. The zero-order chi connectivity index (χ0) is 48.4.